The van der Waals surface area contributed by atoms with Crippen molar-refractivity contribution in [3.8, 4) is 11.7 Å². The first kappa shape index (κ1) is 19.9. The van der Waals surface area contributed by atoms with Gasteiger partial charge >= 0.3 is 0 Å². The number of aromatic nitrogens is 2. The molecule has 2 amide bonds. The van der Waals surface area contributed by atoms with Crippen LogP contribution in [0, 0.1) is 5.92 Å². The van der Waals surface area contributed by atoms with E-state index in [4.69, 9.17) is 8.83 Å². The Kier molecular flexibility index (Phi) is 5.92. The average molecular weight is 408 g/mol. The molecule has 0 N–H and O–H groups in total. The second kappa shape index (κ2) is 8.94. The molecule has 0 bridgehead atoms. The van der Waals surface area contributed by atoms with Gasteiger partial charge in [-0.2, -0.15) is 0 Å². The molecule has 0 saturated carbocycles. The van der Waals surface area contributed by atoms with Crippen molar-refractivity contribution < 1.29 is 18.4 Å². The number of hydrogen-bond acceptors (Lipinski definition) is 6. The normalized spacial score (nSPS) is 16.2. The molecule has 8 nitrogen and oxygen atoms in total. The predicted octanol–water partition coefficient (Wildman–Crippen LogP) is 3.12. The second-order valence-corrected chi connectivity index (χ2v) is 7.40. The maximum absolute atomic E-state index is 13.2. The minimum atomic E-state index is -0.361. The van der Waals surface area contributed by atoms with Crippen molar-refractivity contribution in [2.24, 2.45) is 5.92 Å². The summed E-state index contributed by atoms with van der Waals surface area (Å²) in [6.07, 6.45) is 2.55. The number of furan rings is 1. The van der Waals surface area contributed by atoms with Gasteiger partial charge in [0.25, 0.3) is 5.89 Å². The molecule has 3 aromatic rings. The van der Waals surface area contributed by atoms with E-state index < -0.39 is 0 Å². The highest BCUT2D eigenvalue weighted by molar-refractivity contribution is 5.89. The van der Waals surface area contributed by atoms with E-state index in [9.17, 15) is 9.59 Å². The molecule has 1 unspecified atom stereocenters. The molecule has 0 spiro atoms. The van der Waals surface area contributed by atoms with Gasteiger partial charge in [-0.3, -0.25) is 9.59 Å². The van der Waals surface area contributed by atoms with Gasteiger partial charge in [0, 0.05) is 26.1 Å². The molecule has 1 aromatic carbocycles. The third-order valence-corrected chi connectivity index (χ3v) is 5.11. The van der Waals surface area contributed by atoms with Gasteiger partial charge < -0.3 is 18.6 Å². The summed E-state index contributed by atoms with van der Waals surface area (Å²) in [5, 5.41) is 8.03. The number of likely N-dealkylation sites (tertiary alicyclic amines) is 1. The molecular formula is C22H24N4O4. The van der Waals surface area contributed by atoms with E-state index in [1.165, 1.54) is 6.26 Å². The van der Waals surface area contributed by atoms with Crippen molar-refractivity contribution in [2.45, 2.75) is 32.9 Å². The highest BCUT2D eigenvalue weighted by Gasteiger charge is 2.36. The molecule has 1 saturated heterocycles. The van der Waals surface area contributed by atoms with E-state index in [2.05, 4.69) is 10.2 Å². The summed E-state index contributed by atoms with van der Waals surface area (Å²) in [7, 11) is 0. The largest absolute Gasteiger partial charge is 0.459 e. The fraction of sp³-hybridized carbons (Fsp3) is 0.364. The van der Waals surface area contributed by atoms with Crippen LogP contribution in [-0.2, 0) is 22.7 Å². The van der Waals surface area contributed by atoms with Crippen LogP contribution in [-0.4, -0.2) is 44.9 Å². The maximum Gasteiger partial charge on any atom is 0.283 e. The molecular weight excluding hydrogens is 384 g/mol. The first-order valence-corrected chi connectivity index (χ1v) is 10.1. The van der Waals surface area contributed by atoms with E-state index >= 15 is 0 Å². The van der Waals surface area contributed by atoms with Crippen LogP contribution in [0.15, 0.2) is 57.6 Å². The third-order valence-electron chi connectivity index (χ3n) is 5.11. The van der Waals surface area contributed by atoms with Crippen LogP contribution < -0.4 is 0 Å². The lowest BCUT2D eigenvalue weighted by Crippen LogP contribution is -2.37. The van der Waals surface area contributed by atoms with Gasteiger partial charge in [-0.05, 0) is 24.1 Å². The topological polar surface area (TPSA) is 92.7 Å². The molecule has 30 heavy (non-hydrogen) atoms. The number of nitrogens with zero attached hydrogens (tertiary/aromatic N) is 4. The van der Waals surface area contributed by atoms with Crippen molar-refractivity contribution in [3.63, 3.8) is 0 Å². The SMILES string of the molecule is CCCN(Cc1nnc(-c2ccco2)o1)C(=O)C1CC(=O)N(Cc2ccccc2)C1. The summed E-state index contributed by atoms with van der Waals surface area (Å²) < 4.78 is 10.9. The van der Waals surface area contributed by atoms with Crippen LogP contribution in [0.25, 0.3) is 11.7 Å². The molecule has 3 heterocycles. The highest BCUT2D eigenvalue weighted by atomic mass is 16.4. The van der Waals surface area contributed by atoms with Gasteiger partial charge in [0.2, 0.25) is 17.7 Å². The Labute approximate surface area is 174 Å². The minimum Gasteiger partial charge on any atom is -0.459 e. The Hall–Kier alpha value is -3.42. The second-order valence-electron chi connectivity index (χ2n) is 7.40. The Morgan fingerprint density at radius 1 is 1.20 bits per heavy atom. The standard InChI is InChI=1S/C22H24N4O4/c1-2-10-25(15-19-23-24-21(30-19)18-9-6-11-29-18)22(28)17-12-20(27)26(14-17)13-16-7-4-3-5-8-16/h3-9,11,17H,2,10,12-15H2,1H3. The van der Waals surface area contributed by atoms with E-state index in [0.717, 1.165) is 12.0 Å². The predicted molar refractivity (Wildman–Crippen MR) is 108 cm³/mol. The number of carbonyl (C=O) groups excluding carboxylic acids is 2. The Morgan fingerprint density at radius 3 is 2.77 bits per heavy atom. The maximum atomic E-state index is 13.2. The Morgan fingerprint density at radius 2 is 2.03 bits per heavy atom. The van der Waals surface area contributed by atoms with Crippen LogP contribution in [0.4, 0.5) is 0 Å². The summed E-state index contributed by atoms with van der Waals surface area (Å²) in [5.41, 5.74) is 1.06. The summed E-state index contributed by atoms with van der Waals surface area (Å²) >= 11 is 0. The minimum absolute atomic E-state index is 0.00606. The molecule has 0 aliphatic carbocycles. The van der Waals surface area contributed by atoms with Crippen LogP contribution in [0.5, 0.6) is 0 Å². The van der Waals surface area contributed by atoms with Crippen LogP contribution >= 0.6 is 0 Å². The number of benzene rings is 1. The van der Waals surface area contributed by atoms with Crippen molar-refractivity contribution in [3.05, 3.63) is 60.2 Å². The molecule has 4 rings (SSSR count). The summed E-state index contributed by atoms with van der Waals surface area (Å²) in [4.78, 5) is 29.1. The fourth-order valence-corrected chi connectivity index (χ4v) is 3.67. The first-order valence-electron chi connectivity index (χ1n) is 10.1. The molecule has 156 valence electrons. The van der Waals surface area contributed by atoms with E-state index in [0.29, 0.717) is 31.3 Å². The van der Waals surface area contributed by atoms with Gasteiger partial charge in [-0.15, -0.1) is 10.2 Å². The van der Waals surface area contributed by atoms with Gasteiger partial charge in [0.1, 0.15) is 0 Å². The van der Waals surface area contributed by atoms with Gasteiger partial charge in [-0.1, -0.05) is 37.3 Å². The molecule has 0 radical (unpaired) electrons. The summed E-state index contributed by atoms with van der Waals surface area (Å²) in [6.45, 7) is 3.72. The zero-order chi connectivity index (χ0) is 20.9. The molecule has 2 aromatic heterocycles. The zero-order valence-corrected chi connectivity index (χ0v) is 16.9. The smallest absolute Gasteiger partial charge is 0.283 e. The first-order chi connectivity index (χ1) is 14.6. The lowest BCUT2D eigenvalue weighted by atomic mass is 10.1. The van der Waals surface area contributed by atoms with Gasteiger partial charge in [-0.25, -0.2) is 0 Å². The van der Waals surface area contributed by atoms with Crippen molar-refractivity contribution in [1.29, 1.82) is 0 Å². The molecule has 1 aliphatic heterocycles. The molecule has 1 aliphatic rings. The van der Waals surface area contributed by atoms with Crippen LogP contribution in [0.2, 0.25) is 0 Å². The molecule has 8 heteroatoms. The van der Waals surface area contributed by atoms with Crippen molar-refractivity contribution in [2.75, 3.05) is 13.1 Å². The molecule has 1 atom stereocenters. The quantitative estimate of drug-likeness (QED) is 0.569. The molecule has 1 fully saturated rings. The average Bonchev–Trinajstić information content (AvgIpc) is 3.50. The monoisotopic (exact) mass is 408 g/mol. The van der Waals surface area contributed by atoms with Gasteiger partial charge in [0.15, 0.2) is 5.76 Å². The lowest BCUT2D eigenvalue weighted by molar-refractivity contribution is -0.136. The fourth-order valence-electron chi connectivity index (χ4n) is 3.67. The lowest BCUT2D eigenvalue weighted by Gasteiger charge is -2.24. The van der Waals surface area contributed by atoms with Crippen LogP contribution in [0.3, 0.4) is 0 Å². The Balaban J connectivity index is 1.41. The summed E-state index contributed by atoms with van der Waals surface area (Å²) in [6, 6.07) is 13.3. The number of amides is 2. The number of carbonyl (C=O) groups is 2. The van der Waals surface area contributed by atoms with Gasteiger partial charge in [0.05, 0.1) is 18.7 Å². The van der Waals surface area contributed by atoms with E-state index in [1.807, 2.05) is 37.3 Å². The van der Waals surface area contributed by atoms with E-state index in [1.54, 1.807) is 21.9 Å². The summed E-state index contributed by atoms with van der Waals surface area (Å²) in [5.74, 6) is 0.697. The van der Waals surface area contributed by atoms with Crippen molar-refractivity contribution >= 4 is 11.8 Å². The van der Waals surface area contributed by atoms with E-state index in [-0.39, 0.29) is 36.6 Å². The van der Waals surface area contributed by atoms with Crippen molar-refractivity contribution in [1.82, 2.24) is 20.0 Å². The Bertz CT molecular complexity index is 984. The highest BCUT2D eigenvalue weighted by Crippen LogP contribution is 2.24. The zero-order valence-electron chi connectivity index (χ0n) is 16.9. The third kappa shape index (κ3) is 4.42. The number of rotatable bonds is 8. The number of hydrogen-bond donors (Lipinski definition) is 0. The van der Waals surface area contributed by atoms with Crippen LogP contribution in [0.1, 0.15) is 31.2 Å².